The van der Waals surface area contributed by atoms with Crippen molar-refractivity contribution in [2.24, 2.45) is 0 Å². The van der Waals surface area contributed by atoms with Crippen LogP contribution < -0.4 is 0 Å². The minimum atomic E-state index is -1.31. The van der Waals surface area contributed by atoms with Gasteiger partial charge >= 0.3 is 12.1 Å². The van der Waals surface area contributed by atoms with Crippen LogP contribution in [0.2, 0.25) is 0 Å². The normalized spacial score (nSPS) is 17.0. The molecule has 6 nitrogen and oxygen atoms in total. The van der Waals surface area contributed by atoms with Gasteiger partial charge < -0.3 is 19.5 Å². The number of rotatable bonds is 5. The van der Waals surface area contributed by atoms with E-state index in [2.05, 4.69) is 24.3 Å². The fraction of sp³-hybridized carbons (Fsp3) is 0.333. The maximum absolute atomic E-state index is 12.4. The first-order valence-corrected chi connectivity index (χ1v) is 9.03. The van der Waals surface area contributed by atoms with Gasteiger partial charge in [0.15, 0.2) is 5.60 Å². The number of ether oxygens (including phenoxy) is 2. The molecule has 1 amide bonds. The molecule has 2 aliphatic rings. The molecule has 1 aliphatic heterocycles. The molecule has 0 aromatic heterocycles. The Labute approximate surface area is 157 Å². The molecule has 6 heteroatoms. The van der Waals surface area contributed by atoms with Gasteiger partial charge in [-0.2, -0.15) is 0 Å². The fourth-order valence-electron chi connectivity index (χ4n) is 3.95. The lowest BCUT2D eigenvalue weighted by molar-refractivity contribution is -0.186. The summed E-state index contributed by atoms with van der Waals surface area (Å²) in [6.07, 6.45) is -0.506. The van der Waals surface area contributed by atoms with E-state index in [9.17, 15) is 14.7 Å². The summed E-state index contributed by atoms with van der Waals surface area (Å²) in [6.45, 7) is 2.25. The molecular weight excluding hydrogens is 346 g/mol. The highest BCUT2D eigenvalue weighted by Crippen LogP contribution is 2.44. The van der Waals surface area contributed by atoms with E-state index >= 15 is 0 Å². The van der Waals surface area contributed by atoms with Gasteiger partial charge in [0.05, 0.1) is 13.1 Å². The van der Waals surface area contributed by atoms with E-state index in [1.165, 1.54) is 16.0 Å². The lowest BCUT2D eigenvalue weighted by Gasteiger charge is -2.45. The van der Waals surface area contributed by atoms with Gasteiger partial charge in [-0.15, -0.1) is 0 Å². The zero-order valence-corrected chi connectivity index (χ0v) is 15.1. The predicted molar refractivity (Wildman–Crippen MR) is 98.6 cm³/mol. The smallest absolute Gasteiger partial charge is 0.410 e. The number of carboxylic acid groups (broad SMARTS) is 1. The Hall–Kier alpha value is -2.86. The molecule has 4 rings (SSSR count). The lowest BCUT2D eigenvalue weighted by atomic mass is 9.94. The van der Waals surface area contributed by atoms with E-state index in [4.69, 9.17) is 9.47 Å². The van der Waals surface area contributed by atoms with Crippen molar-refractivity contribution in [1.82, 2.24) is 4.90 Å². The summed E-state index contributed by atoms with van der Waals surface area (Å²) in [5, 5.41) is 9.33. The molecule has 0 saturated carbocycles. The molecule has 1 heterocycles. The zero-order valence-electron chi connectivity index (χ0n) is 15.1. The summed E-state index contributed by atoms with van der Waals surface area (Å²) in [7, 11) is 0. The number of likely N-dealkylation sites (tertiary alicyclic amines) is 1. The molecule has 1 N–H and O–H groups in total. The van der Waals surface area contributed by atoms with Gasteiger partial charge in [-0.05, 0) is 29.2 Å². The first-order chi connectivity index (χ1) is 13.1. The predicted octanol–water partition coefficient (Wildman–Crippen LogP) is 3.11. The third-order valence-electron chi connectivity index (χ3n) is 5.30. The average molecular weight is 367 g/mol. The standard InChI is InChI=1S/C21H21NO5/c1-2-27-21(19(23)24)12-22(13-21)20(25)26-11-18-16-9-5-3-7-14(16)15-8-4-6-10-17(15)18/h3-10,18H,2,11-13H2,1H3,(H,23,24). The van der Waals surface area contributed by atoms with Crippen LogP contribution in [-0.2, 0) is 14.3 Å². The number of carbonyl (C=O) groups excluding carboxylic acids is 1. The molecule has 2 aromatic rings. The molecule has 0 radical (unpaired) electrons. The highest BCUT2D eigenvalue weighted by molar-refractivity contribution is 5.83. The molecule has 1 fully saturated rings. The molecule has 0 bridgehead atoms. The Morgan fingerprint density at radius 3 is 2.15 bits per heavy atom. The van der Waals surface area contributed by atoms with Crippen LogP contribution in [-0.4, -0.2) is 54.0 Å². The molecule has 140 valence electrons. The van der Waals surface area contributed by atoms with Crippen molar-refractivity contribution in [3.05, 3.63) is 59.7 Å². The number of hydrogen-bond donors (Lipinski definition) is 1. The molecule has 1 saturated heterocycles. The van der Waals surface area contributed by atoms with E-state index in [1.54, 1.807) is 6.92 Å². The first kappa shape index (κ1) is 17.5. The van der Waals surface area contributed by atoms with Crippen molar-refractivity contribution in [1.29, 1.82) is 0 Å². The molecular formula is C21H21NO5. The van der Waals surface area contributed by atoms with E-state index in [0.717, 1.165) is 11.1 Å². The molecule has 27 heavy (non-hydrogen) atoms. The number of hydrogen-bond acceptors (Lipinski definition) is 4. The number of aliphatic carboxylic acids is 1. The van der Waals surface area contributed by atoms with Gasteiger partial charge in [0.1, 0.15) is 6.61 Å². The van der Waals surface area contributed by atoms with Crippen LogP contribution in [0.25, 0.3) is 11.1 Å². The highest BCUT2D eigenvalue weighted by atomic mass is 16.6. The second kappa shape index (κ2) is 6.70. The molecule has 0 atom stereocenters. The number of carboxylic acids is 1. The Kier molecular flexibility index (Phi) is 4.36. The second-order valence-corrected chi connectivity index (χ2v) is 6.89. The van der Waals surface area contributed by atoms with Gasteiger partial charge in [-0.1, -0.05) is 48.5 Å². The maximum Gasteiger partial charge on any atom is 0.410 e. The number of benzene rings is 2. The van der Waals surface area contributed by atoms with E-state index in [-0.39, 0.29) is 32.2 Å². The highest BCUT2D eigenvalue weighted by Gasteiger charge is 2.53. The third-order valence-corrected chi connectivity index (χ3v) is 5.30. The summed E-state index contributed by atoms with van der Waals surface area (Å²) < 4.78 is 10.9. The minimum Gasteiger partial charge on any atom is -0.479 e. The maximum atomic E-state index is 12.4. The van der Waals surface area contributed by atoms with Gasteiger partial charge in [0.2, 0.25) is 0 Å². The average Bonchev–Trinajstić information content (AvgIpc) is 2.96. The third kappa shape index (κ3) is 2.86. The van der Waals surface area contributed by atoms with Crippen LogP contribution in [0, 0.1) is 0 Å². The van der Waals surface area contributed by atoms with Crippen molar-refractivity contribution in [3.8, 4) is 11.1 Å². The largest absolute Gasteiger partial charge is 0.479 e. The van der Waals surface area contributed by atoms with Gasteiger partial charge in [0.25, 0.3) is 0 Å². The van der Waals surface area contributed by atoms with Crippen LogP contribution in [0.3, 0.4) is 0 Å². The van der Waals surface area contributed by atoms with Crippen LogP contribution in [0.1, 0.15) is 24.0 Å². The zero-order chi connectivity index (χ0) is 19.0. The molecule has 0 spiro atoms. The molecule has 2 aromatic carbocycles. The summed E-state index contributed by atoms with van der Waals surface area (Å²) in [5.74, 6) is -1.06. The van der Waals surface area contributed by atoms with Crippen molar-refractivity contribution >= 4 is 12.1 Å². The monoisotopic (exact) mass is 367 g/mol. The minimum absolute atomic E-state index is 0.00679. The SMILES string of the molecule is CCOC1(C(=O)O)CN(C(=O)OCC2c3ccccc3-c3ccccc32)C1. The molecule has 0 unspecified atom stereocenters. The van der Waals surface area contributed by atoms with Gasteiger partial charge in [-0.3, -0.25) is 0 Å². The van der Waals surface area contributed by atoms with Crippen LogP contribution in [0.15, 0.2) is 48.5 Å². The second-order valence-electron chi connectivity index (χ2n) is 6.89. The van der Waals surface area contributed by atoms with E-state index < -0.39 is 17.7 Å². The quantitative estimate of drug-likeness (QED) is 0.879. The Morgan fingerprint density at radius 2 is 1.63 bits per heavy atom. The number of carbonyl (C=O) groups is 2. The van der Waals surface area contributed by atoms with Gasteiger partial charge in [-0.25, -0.2) is 9.59 Å². The Balaban J connectivity index is 1.44. The number of nitrogens with zero attached hydrogens (tertiary/aromatic N) is 1. The van der Waals surface area contributed by atoms with Crippen molar-refractivity contribution in [2.75, 3.05) is 26.3 Å². The number of fused-ring (bicyclic) bond motifs is 3. The lowest BCUT2D eigenvalue weighted by Crippen LogP contribution is -2.68. The van der Waals surface area contributed by atoms with Gasteiger partial charge in [0, 0.05) is 12.5 Å². The summed E-state index contributed by atoms with van der Waals surface area (Å²) in [6, 6.07) is 16.2. The van der Waals surface area contributed by atoms with Crippen molar-refractivity contribution in [2.45, 2.75) is 18.4 Å². The van der Waals surface area contributed by atoms with Crippen molar-refractivity contribution < 1.29 is 24.2 Å². The Morgan fingerprint density at radius 1 is 1.07 bits per heavy atom. The van der Waals surface area contributed by atoms with Crippen LogP contribution in [0.4, 0.5) is 4.79 Å². The fourth-order valence-corrected chi connectivity index (χ4v) is 3.95. The van der Waals surface area contributed by atoms with E-state index in [0.29, 0.717) is 0 Å². The topological polar surface area (TPSA) is 76.1 Å². The summed E-state index contributed by atoms with van der Waals surface area (Å²) in [5.41, 5.74) is 3.31. The summed E-state index contributed by atoms with van der Waals surface area (Å²) in [4.78, 5) is 25.1. The summed E-state index contributed by atoms with van der Waals surface area (Å²) >= 11 is 0. The molecule has 1 aliphatic carbocycles. The first-order valence-electron chi connectivity index (χ1n) is 9.03. The Bertz CT molecular complexity index is 842. The van der Waals surface area contributed by atoms with Crippen LogP contribution in [0.5, 0.6) is 0 Å². The number of amides is 1. The van der Waals surface area contributed by atoms with Crippen molar-refractivity contribution in [3.63, 3.8) is 0 Å². The van der Waals surface area contributed by atoms with Crippen LogP contribution >= 0.6 is 0 Å². The van der Waals surface area contributed by atoms with E-state index in [1.807, 2.05) is 24.3 Å².